The summed E-state index contributed by atoms with van der Waals surface area (Å²) < 4.78 is -0.195. The van der Waals surface area contributed by atoms with Gasteiger partial charge in [0.2, 0.25) is 11.8 Å². The second kappa shape index (κ2) is 8.06. The highest BCUT2D eigenvalue weighted by Gasteiger charge is 2.34. The van der Waals surface area contributed by atoms with Crippen molar-refractivity contribution in [3.05, 3.63) is 48.7 Å². The molecule has 0 spiro atoms. The number of thioether (sulfide) groups is 1. The highest BCUT2D eigenvalue weighted by Crippen LogP contribution is 2.43. The summed E-state index contributed by atoms with van der Waals surface area (Å²) >= 11 is 1.70. The third kappa shape index (κ3) is 4.40. The zero-order valence-electron chi connectivity index (χ0n) is 16.9. The Hall–Kier alpha value is -2.54. The number of carbonyl (C=O) groups is 2. The first-order valence-electron chi connectivity index (χ1n) is 9.95. The summed E-state index contributed by atoms with van der Waals surface area (Å²) in [5.74, 6) is 0.946. The summed E-state index contributed by atoms with van der Waals surface area (Å²) in [6.07, 6.45) is 2.20. The van der Waals surface area contributed by atoms with Crippen molar-refractivity contribution in [2.24, 2.45) is 0 Å². The first kappa shape index (κ1) is 19.8. The van der Waals surface area contributed by atoms with E-state index in [4.69, 9.17) is 0 Å². The number of para-hydroxylation sites is 1. The molecular weight excluding hydrogens is 384 g/mol. The number of fused-ring (bicyclic) bond motifs is 1. The normalized spacial score (nSPS) is 19.0. The summed E-state index contributed by atoms with van der Waals surface area (Å²) in [4.78, 5) is 37.2. The van der Waals surface area contributed by atoms with Crippen molar-refractivity contribution >= 4 is 35.1 Å². The van der Waals surface area contributed by atoms with Gasteiger partial charge < -0.3 is 14.7 Å². The van der Waals surface area contributed by atoms with E-state index < -0.39 is 0 Å². The average Bonchev–Trinajstić information content (AvgIpc) is 2.81. The second-order valence-corrected chi connectivity index (χ2v) is 9.79. The van der Waals surface area contributed by atoms with Gasteiger partial charge in [-0.3, -0.25) is 9.59 Å². The number of piperazine rings is 1. The quantitative estimate of drug-likeness (QED) is 0.779. The number of amides is 2. The van der Waals surface area contributed by atoms with Crippen molar-refractivity contribution < 1.29 is 9.59 Å². The van der Waals surface area contributed by atoms with Crippen LogP contribution in [0.3, 0.4) is 0 Å². The first-order valence-corrected chi connectivity index (χ1v) is 10.8. The van der Waals surface area contributed by atoms with Gasteiger partial charge in [-0.15, -0.1) is 11.8 Å². The Bertz CT molecular complexity index is 895. The van der Waals surface area contributed by atoms with Crippen LogP contribution in [0.2, 0.25) is 0 Å². The number of nitrogens with zero attached hydrogens (tertiary/aromatic N) is 4. The topological polar surface area (TPSA) is 56.8 Å². The predicted octanol–water partition coefficient (Wildman–Crippen LogP) is 3.04. The Morgan fingerprint density at radius 2 is 1.79 bits per heavy atom. The maximum atomic E-state index is 13.0. The molecule has 2 aliphatic heterocycles. The highest BCUT2D eigenvalue weighted by molar-refractivity contribution is 8.00. The van der Waals surface area contributed by atoms with Gasteiger partial charge in [0, 0.05) is 48.4 Å². The van der Waals surface area contributed by atoms with Crippen LogP contribution in [0.15, 0.2) is 53.6 Å². The van der Waals surface area contributed by atoms with Gasteiger partial charge in [0.1, 0.15) is 12.4 Å². The van der Waals surface area contributed by atoms with E-state index in [9.17, 15) is 9.59 Å². The van der Waals surface area contributed by atoms with Gasteiger partial charge in [-0.2, -0.15) is 0 Å². The molecule has 152 valence electrons. The number of anilines is 2. The molecular formula is C22H26N4O2S. The van der Waals surface area contributed by atoms with Gasteiger partial charge in [0.25, 0.3) is 0 Å². The van der Waals surface area contributed by atoms with Gasteiger partial charge in [-0.1, -0.05) is 18.2 Å². The minimum absolute atomic E-state index is 0.00136. The molecule has 2 aliphatic rings. The van der Waals surface area contributed by atoms with Gasteiger partial charge in [0.05, 0.1) is 5.69 Å². The Kier molecular flexibility index (Phi) is 5.50. The molecule has 0 bridgehead atoms. The molecule has 1 saturated heterocycles. The van der Waals surface area contributed by atoms with E-state index in [0.29, 0.717) is 19.5 Å². The standard InChI is InChI=1S/C22H26N4O2S/c1-22(2)15-20(27)26(17-7-3-4-8-18(17)29-22)16-21(28)25-13-11-24(12-14-25)19-9-5-6-10-23-19/h3-10H,11-16H2,1-2H3. The van der Waals surface area contributed by atoms with Crippen LogP contribution in [-0.2, 0) is 9.59 Å². The lowest BCUT2D eigenvalue weighted by Crippen LogP contribution is -2.52. The van der Waals surface area contributed by atoms with Crippen molar-refractivity contribution in [1.82, 2.24) is 9.88 Å². The molecule has 29 heavy (non-hydrogen) atoms. The molecule has 0 atom stereocenters. The number of aromatic nitrogens is 1. The number of hydrogen-bond acceptors (Lipinski definition) is 5. The van der Waals surface area contributed by atoms with Crippen molar-refractivity contribution in [2.75, 3.05) is 42.5 Å². The molecule has 1 fully saturated rings. The largest absolute Gasteiger partial charge is 0.353 e. The minimum atomic E-state index is -0.195. The molecule has 2 amide bonds. The van der Waals surface area contributed by atoms with Crippen LogP contribution in [0.5, 0.6) is 0 Å². The average molecular weight is 411 g/mol. The third-order valence-electron chi connectivity index (χ3n) is 5.32. The van der Waals surface area contributed by atoms with Crippen LogP contribution < -0.4 is 9.80 Å². The lowest BCUT2D eigenvalue weighted by Gasteiger charge is -2.36. The highest BCUT2D eigenvalue weighted by atomic mass is 32.2. The fourth-order valence-electron chi connectivity index (χ4n) is 3.83. The summed E-state index contributed by atoms with van der Waals surface area (Å²) in [5.41, 5.74) is 0.841. The maximum Gasteiger partial charge on any atom is 0.242 e. The number of carbonyl (C=O) groups excluding carboxylic acids is 2. The monoisotopic (exact) mass is 410 g/mol. The number of rotatable bonds is 3. The zero-order chi connectivity index (χ0) is 20.4. The molecule has 4 rings (SSSR count). The van der Waals surface area contributed by atoms with E-state index in [1.165, 1.54) is 0 Å². The summed E-state index contributed by atoms with van der Waals surface area (Å²) in [5, 5.41) is 0. The zero-order valence-corrected chi connectivity index (χ0v) is 17.7. The SMILES string of the molecule is CC1(C)CC(=O)N(CC(=O)N2CCN(c3ccccn3)CC2)c2ccccc2S1. The van der Waals surface area contributed by atoms with E-state index in [-0.39, 0.29) is 23.1 Å². The van der Waals surface area contributed by atoms with Crippen LogP contribution >= 0.6 is 11.8 Å². The maximum absolute atomic E-state index is 13.0. The van der Waals surface area contributed by atoms with Gasteiger partial charge in [0.15, 0.2) is 0 Å². The molecule has 0 saturated carbocycles. The number of hydrogen-bond donors (Lipinski definition) is 0. The molecule has 0 aliphatic carbocycles. The van der Waals surface area contributed by atoms with Gasteiger partial charge in [-0.25, -0.2) is 4.98 Å². The van der Waals surface area contributed by atoms with Crippen LogP contribution in [0.4, 0.5) is 11.5 Å². The summed E-state index contributed by atoms with van der Waals surface area (Å²) in [7, 11) is 0. The van der Waals surface area contributed by atoms with Crippen LogP contribution in [0.1, 0.15) is 20.3 Å². The predicted molar refractivity (Wildman–Crippen MR) is 116 cm³/mol. The Morgan fingerprint density at radius 3 is 2.52 bits per heavy atom. The third-order valence-corrected chi connectivity index (χ3v) is 6.58. The number of pyridine rings is 1. The lowest BCUT2D eigenvalue weighted by atomic mass is 10.1. The molecule has 2 aromatic rings. The summed E-state index contributed by atoms with van der Waals surface area (Å²) in [6, 6.07) is 13.7. The molecule has 3 heterocycles. The molecule has 7 heteroatoms. The van der Waals surface area contributed by atoms with Crippen molar-refractivity contribution in [1.29, 1.82) is 0 Å². The Balaban J connectivity index is 1.45. The molecule has 0 N–H and O–H groups in total. The van der Waals surface area contributed by atoms with Crippen LogP contribution in [0, 0.1) is 0 Å². The molecule has 6 nitrogen and oxygen atoms in total. The minimum Gasteiger partial charge on any atom is -0.353 e. The second-order valence-electron chi connectivity index (χ2n) is 8.04. The molecule has 1 aromatic carbocycles. The van der Waals surface area contributed by atoms with Gasteiger partial charge >= 0.3 is 0 Å². The van der Waals surface area contributed by atoms with E-state index >= 15 is 0 Å². The molecule has 1 aromatic heterocycles. The fourth-order valence-corrected chi connectivity index (χ4v) is 5.05. The van der Waals surface area contributed by atoms with Crippen LogP contribution in [0.25, 0.3) is 0 Å². The van der Waals surface area contributed by atoms with E-state index in [0.717, 1.165) is 29.5 Å². The lowest BCUT2D eigenvalue weighted by molar-refractivity contribution is -0.131. The molecule has 0 unspecified atom stereocenters. The molecule has 0 radical (unpaired) electrons. The van der Waals surface area contributed by atoms with Crippen molar-refractivity contribution in [3.63, 3.8) is 0 Å². The number of benzene rings is 1. The first-order chi connectivity index (χ1) is 13.9. The van der Waals surface area contributed by atoms with E-state index in [2.05, 4.69) is 23.7 Å². The van der Waals surface area contributed by atoms with E-state index in [1.54, 1.807) is 22.9 Å². The van der Waals surface area contributed by atoms with E-state index in [1.807, 2.05) is 47.4 Å². The smallest absolute Gasteiger partial charge is 0.242 e. The fraction of sp³-hybridized carbons (Fsp3) is 0.409. The van der Waals surface area contributed by atoms with Crippen molar-refractivity contribution in [2.45, 2.75) is 29.9 Å². The Morgan fingerprint density at radius 1 is 1.07 bits per heavy atom. The summed E-state index contributed by atoms with van der Waals surface area (Å²) in [6.45, 7) is 7.02. The van der Waals surface area contributed by atoms with Crippen LogP contribution in [-0.4, -0.2) is 59.2 Å². The van der Waals surface area contributed by atoms with Gasteiger partial charge in [-0.05, 0) is 38.1 Å². The Labute approximate surface area is 175 Å². The van der Waals surface area contributed by atoms with Crippen molar-refractivity contribution in [3.8, 4) is 0 Å².